The minimum Gasteiger partial charge on any atom is -0.309 e. The average Bonchev–Trinajstić information content (AvgIpc) is 3.17. The molecule has 27 heavy (non-hydrogen) atoms. The fourth-order valence-electron chi connectivity index (χ4n) is 2.44. The number of carbonyl (C=O) groups excluding carboxylic acids is 1. The van der Waals surface area contributed by atoms with Gasteiger partial charge in [-0.15, -0.1) is 17.5 Å². The Labute approximate surface area is 169 Å². The number of thiazole rings is 1. The Kier molecular flexibility index (Phi) is 7.15. The monoisotopic (exact) mass is 433 g/mol. The highest BCUT2D eigenvalue weighted by Gasteiger charge is 2.25. The SMILES string of the molecule is Cc1nnsc1C(=O)N(CCCN(C)C)c1nc2c(F)cc(F)cc2s1.Cl. The summed E-state index contributed by atoms with van der Waals surface area (Å²) in [6, 6.07) is 2.02. The second-order valence-electron chi connectivity index (χ2n) is 6.03. The van der Waals surface area contributed by atoms with Crippen LogP contribution in [0, 0.1) is 18.6 Å². The summed E-state index contributed by atoms with van der Waals surface area (Å²) in [6.45, 7) is 2.89. The highest BCUT2D eigenvalue weighted by atomic mass is 35.5. The molecule has 1 amide bonds. The topological polar surface area (TPSA) is 62.2 Å². The molecule has 0 fully saturated rings. The van der Waals surface area contributed by atoms with Crippen molar-refractivity contribution in [1.29, 1.82) is 0 Å². The number of hydrogen-bond donors (Lipinski definition) is 0. The van der Waals surface area contributed by atoms with E-state index in [4.69, 9.17) is 0 Å². The van der Waals surface area contributed by atoms with E-state index in [-0.39, 0.29) is 23.8 Å². The summed E-state index contributed by atoms with van der Waals surface area (Å²) in [5.74, 6) is -1.69. The van der Waals surface area contributed by atoms with E-state index in [0.717, 1.165) is 35.5 Å². The van der Waals surface area contributed by atoms with Crippen molar-refractivity contribution >= 4 is 56.5 Å². The smallest absolute Gasteiger partial charge is 0.273 e. The third-order valence-electron chi connectivity index (χ3n) is 3.71. The van der Waals surface area contributed by atoms with Gasteiger partial charge in [0.2, 0.25) is 0 Å². The molecule has 0 aliphatic heterocycles. The second kappa shape index (κ2) is 8.96. The van der Waals surface area contributed by atoms with Gasteiger partial charge in [-0.05, 0) is 51.6 Å². The molecule has 0 unspecified atom stereocenters. The maximum Gasteiger partial charge on any atom is 0.273 e. The highest BCUT2D eigenvalue weighted by molar-refractivity contribution is 7.22. The number of amides is 1. The summed E-state index contributed by atoms with van der Waals surface area (Å²) in [4.78, 5) is 21.1. The standard InChI is InChI=1S/C16H17F2N5OS2.ClH/c1-9-14(26-21-20-9)15(24)23(6-4-5-22(2)3)16-19-13-11(18)7-10(17)8-12(13)25-16;/h7-8H,4-6H2,1-3H3;1H. The van der Waals surface area contributed by atoms with Gasteiger partial charge in [0, 0.05) is 12.6 Å². The van der Waals surface area contributed by atoms with Crippen molar-refractivity contribution in [3.8, 4) is 0 Å². The zero-order valence-corrected chi connectivity index (χ0v) is 17.4. The van der Waals surface area contributed by atoms with Crippen molar-refractivity contribution in [1.82, 2.24) is 19.5 Å². The molecule has 0 aliphatic rings. The largest absolute Gasteiger partial charge is 0.309 e. The lowest BCUT2D eigenvalue weighted by atomic mass is 10.3. The van der Waals surface area contributed by atoms with Crippen molar-refractivity contribution in [3.05, 3.63) is 34.3 Å². The summed E-state index contributed by atoms with van der Waals surface area (Å²) in [7, 11) is 3.89. The van der Waals surface area contributed by atoms with E-state index in [9.17, 15) is 13.6 Å². The third kappa shape index (κ3) is 4.75. The Bertz CT molecular complexity index is 946. The molecule has 2 aromatic heterocycles. The number of aryl methyl sites for hydroxylation is 1. The van der Waals surface area contributed by atoms with Gasteiger partial charge in [-0.3, -0.25) is 9.69 Å². The van der Waals surface area contributed by atoms with Gasteiger partial charge in [-0.25, -0.2) is 13.8 Å². The molecular weight excluding hydrogens is 416 g/mol. The predicted octanol–water partition coefficient (Wildman–Crippen LogP) is 3.75. The zero-order valence-electron chi connectivity index (χ0n) is 14.9. The molecule has 6 nitrogen and oxygen atoms in total. The first-order valence-electron chi connectivity index (χ1n) is 7.88. The minimum atomic E-state index is -0.737. The number of benzene rings is 1. The van der Waals surface area contributed by atoms with Gasteiger partial charge in [-0.2, -0.15) is 0 Å². The Hall–Kier alpha value is -1.75. The van der Waals surface area contributed by atoms with Crippen molar-refractivity contribution in [2.75, 3.05) is 32.1 Å². The van der Waals surface area contributed by atoms with Gasteiger partial charge < -0.3 is 4.90 Å². The maximum absolute atomic E-state index is 14.0. The summed E-state index contributed by atoms with van der Waals surface area (Å²) >= 11 is 2.10. The summed E-state index contributed by atoms with van der Waals surface area (Å²) in [5.41, 5.74) is 0.604. The quantitative estimate of drug-likeness (QED) is 0.592. The number of hydrogen-bond acceptors (Lipinski definition) is 7. The highest BCUT2D eigenvalue weighted by Crippen LogP contribution is 2.32. The maximum atomic E-state index is 14.0. The van der Waals surface area contributed by atoms with E-state index >= 15 is 0 Å². The molecule has 0 atom stereocenters. The van der Waals surface area contributed by atoms with Gasteiger partial charge >= 0.3 is 0 Å². The van der Waals surface area contributed by atoms with Gasteiger partial charge in [-0.1, -0.05) is 15.8 Å². The average molecular weight is 434 g/mol. The second-order valence-corrected chi connectivity index (χ2v) is 7.80. The third-order valence-corrected chi connectivity index (χ3v) is 5.55. The number of halogens is 3. The van der Waals surface area contributed by atoms with Crippen molar-refractivity contribution < 1.29 is 13.6 Å². The lowest BCUT2D eigenvalue weighted by Crippen LogP contribution is -2.33. The normalized spacial score (nSPS) is 11.0. The Morgan fingerprint density at radius 2 is 1.96 bits per heavy atom. The van der Waals surface area contributed by atoms with Gasteiger partial charge in [0.15, 0.2) is 10.9 Å². The van der Waals surface area contributed by atoms with Crippen LogP contribution in [-0.2, 0) is 0 Å². The molecule has 1 aromatic carbocycles. The van der Waals surface area contributed by atoms with E-state index in [1.54, 1.807) is 6.92 Å². The molecule has 3 rings (SSSR count). The van der Waals surface area contributed by atoms with Crippen LogP contribution < -0.4 is 4.90 Å². The lowest BCUT2D eigenvalue weighted by Gasteiger charge is -2.20. The van der Waals surface area contributed by atoms with Crippen molar-refractivity contribution in [2.45, 2.75) is 13.3 Å². The molecule has 0 N–H and O–H groups in total. The van der Waals surface area contributed by atoms with Crippen LogP contribution in [0.1, 0.15) is 21.8 Å². The van der Waals surface area contributed by atoms with Gasteiger partial charge in [0.05, 0.1) is 10.4 Å². The molecule has 2 heterocycles. The number of rotatable bonds is 6. The van der Waals surface area contributed by atoms with Crippen LogP contribution in [-0.4, -0.2) is 52.6 Å². The summed E-state index contributed by atoms with van der Waals surface area (Å²) < 4.78 is 31.6. The summed E-state index contributed by atoms with van der Waals surface area (Å²) in [6.07, 6.45) is 0.705. The van der Waals surface area contributed by atoms with E-state index in [2.05, 4.69) is 14.6 Å². The zero-order chi connectivity index (χ0) is 18.8. The van der Waals surface area contributed by atoms with Gasteiger partial charge in [0.25, 0.3) is 5.91 Å². The molecule has 11 heteroatoms. The van der Waals surface area contributed by atoms with Crippen molar-refractivity contribution in [3.63, 3.8) is 0 Å². The molecule has 146 valence electrons. The van der Waals surface area contributed by atoms with Crippen LogP contribution in [0.25, 0.3) is 10.2 Å². The first kappa shape index (κ1) is 21.5. The molecular formula is C16H18ClF2N5OS2. The Balaban J connectivity index is 0.00000261. The van der Waals surface area contributed by atoms with Crippen LogP contribution in [0.15, 0.2) is 12.1 Å². The first-order valence-corrected chi connectivity index (χ1v) is 9.47. The first-order chi connectivity index (χ1) is 12.4. The van der Waals surface area contributed by atoms with E-state index in [1.807, 2.05) is 19.0 Å². The van der Waals surface area contributed by atoms with Crippen molar-refractivity contribution in [2.24, 2.45) is 0 Å². The van der Waals surface area contributed by atoms with E-state index in [1.165, 1.54) is 11.0 Å². The van der Waals surface area contributed by atoms with Crippen LogP contribution >= 0.6 is 35.3 Å². The van der Waals surface area contributed by atoms with E-state index < -0.39 is 11.6 Å². The Morgan fingerprint density at radius 1 is 1.22 bits per heavy atom. The fourth-order valence-corrected chi connectivity index (χ4v) is 4.08. The number of aromatic nitrogens is 3. The molecule has 0 spiro atoms. The molecule has 0 saturated carbocycles. The van der Waals surface area contributed by atoms with E-state index in [0.29, 0.717) is 33.4 Å². The van der Waals surface area contributed by atoms with Crippen LogP contribution in [0.5, 0.6) is 0 Å². The number of nitrogens with zero attached hydrogens (tertiary/aromatic N) is 5. The number of anilines is 1. The summed E-state index contributed by atoms with van der Waals surface area (Å²) in [5, 5.41) is 4.21. The fraction of sp³-hybridized carbons (Fsp3) is 0.375. The molecule has 0 aliphatic carbocycles. The minimum absolute atomic E-state index is 0. The molecule has 0 bridgehead atoms. The van der Waals surface area contributed by atoms with Crippen LogP contribution in [0.3, 0.4) is 0 Å². The van der Waals surface area contributed by atoms with Crippen LogP contribution in [0.2, 0.25) is 0 Å². The molecule has 0 radical (unpaired) electrons. The van der Waals surface area contributed by atoms with Crippen LogP contribution in [0.4, 0.5) is 13.9 Å². The lowest BCUT2D eigenvalue weighted by molar-refractivity contribution is 0.0989. The molecule has 3 aromatic rings. The van der Waals surface area contributed by atoms with Gasteiger partial charge in [0.1, 0.15) is 16.2 Å². The Morgan fingerprint density at radius 3 is 2.59 bits per heavy atom. The number of carbonyl (C=O) groups is 1. The molecule has 0 saturated heterocycles. The number of fused-ring (bicyclic) bond motifs is 1. The predicted molar refractivity (Wildman–Crippen MR) is 106 cm³/mol.